The summed E-state index contributed by atoms with van der Waals surface area (Å²) >= 11 is 12.6. The Morgan fingerprint density at radius 3 is 2.50 bits per heavy atom. The van der Waals surface area contributed by atoms with E-state index in [2.05, 4.69) is 32.0 Å². The summed E-state index contributed by atoms with van der Waals surface area (Å²) in [7, 11) is 0. The molecule has 12 heteroatoms. The van der Waals surface area contributed by atoms with Gasteiger partial charge in [-0.3, -0.25) is 4.98 Å². The van der Waals surface area contributed by atoms with Crippen molar-refractivity contribution in [3.63, 3.8) is 0 Å². The highest BCUT2D eigenvalue weighted by molar-refractivity contribution is 6.36. The minimum Gasteiger partial charge on any atom is -0.377 e. The number of nitriles is 1. The third-order valence-electron chi connectivity index (χ3n) is 6.57. The second kappa shape index (κ2) is 10.7. The minimum absolute atomic E-state index is 0.0640. The number of rotatable bonds is 7. The van der Waals surface area contributed by atoms with Crippen molar-refractivity contribution in [1.82, 2.24) is 20.0 Å². The van der Waals surface area contributed by atoms with Gasteiger partial charge in [-0.05, 0) is 48.0 Å². The fourth-order valence-corrected chi connectivity index (χ4v) is 4.86. The number of hydrogen-bond acceptors (Lipinski definition) is 7. The summed E-state index contributed by atoms with van der Waals surface area (Å²) in [6.07, 6.45) is 3.25. The predicted octanol–water partition coefficient (Wildman–Crippen LogP) is 6.80. The summed E-state index contributed by atoms with van der Waals surface area (Å²) < 4.78 is 34.5. The number of pyridine rings is 1. The van der Waals surface area contributed by atoms with Gasteiger partial charge in [0, 0.05) is 23.0 Å². The van der Waals surface area contributed by atoms with Crippen LogP contribution in [0.5, 0.6) is 0 Å². The molecule has 8 nitrogen and oxygen atoms in total. The van der Waals surface area contributed by atoms with Crippen LogP contribution >= 0.6 is 23.2 Å². The van der Waals surface area contributed by atoms with Gasteiger partial charge in [0.25, 0.3) is 0 Å². The zero-order chi connectivity index (χ0) is 27.8. The van der Waals surface area contributed by atoms with Gasteiger partial charge in [-0.25, -0.2) is 13.5 Å². The maximum atomic E-state index is 13.8. The van der Waals surface area contributed by atoms with Crippen LogP contribution in [-0.4, -0.2) is 33.2 Å². The largest absolute Gasteiger partial charge is 0.377 e. The number of nitrogens with one attached hydrogen (secondary N) is 2. The van der Waals surface area contributed by atoms with Crippen LogP contribution in [-0.2, 0) is 4.74 Å². The van der Waals surface area contributed by atoms with E-state index in [1.54, 1.807) is 28.9 Å². The van der Waals surface area contributed by atoms with Crippen molar-refractivity contribution in [3.05, 3.63) is 105 Å². The van der Waals surface area contributed by atoms with Crippen molar-refractivity contribution in [2.75, 3.05) is 23.8 Å². The summed E-state index contributed by atoms with van der Waals surface area (Å²) in [5.41, 5.74) is 3.56. The van der Waals surface area contributed by atoms with E-state index < -0.39 is 11.9 Å². The number of hydrogen-bond donors (Lipinski definition) is 2. The van der Waals surface area contributed by atoms with Gasteiger partial charge in [-0.15, -0.1) is 5.10 Å². The predicted molar refractivity (Wildman–Crippen MR) is 148 cm³/mol. The Balaban J connectivity index is 1.43. The van der Waals surface area contributed by atoms with E-state index in [4.69, 9.17) is 27.9 Å². The van der Waals surface area contributed by atoms with Crippen molar-refractivity contribution < 1.29 is 13.5 Å². The zero-order valence-corrected chi connectivity index (χ0v) is 22.1. The lowest BCUT2D eigenvalue weighted by atomic mass is 10.0. The number of benzene rings is 3. The molecule has 1 aliphatic rings. The Labute approximate surface area is 237 Å². The monoisotopic (exact) mass is 577 g/mol. The molecule has 0 unspecified atom stereocenters. The average molecular weight is 578 g/mol. The van der Waals surface area contributed by atoms with Crippen molar-refractivity contribution in [2.45, 2.75) is 12.1 Å². The molecule has 1 aliphatic heterocycles. The molecule has 0 bridgehead atoms. The Morgan fingerprint density at radius 2 is 1.80 bits per heavy atom. The number of nitrogens with zero attached hydrogens (tertiary/aromatic N) is 5. The average Bonchev–Trinajstić information content (AvgIpc) is 3.38. The molecule has 1 fully saturated rings. The summed E-state index contributed by atoms with van der Waals surface area (Å²) in [5, 5.41) is 25.8. The highest BCUT2D eigenvalue weighted by Gasteiger charge is 2.25. The highest BCUT2D eigenvalue weighted by Crippen LogP contribution is 2.37. The summed E-state index contributed by atoms with van der Waals surface area (Å²) in [4.78, 5) is 4.38. The molecule has 1 saturated heterocycles. The number of anilines is 3. The highest BCUT2D eigenvalue weighted by atomic mass is 35.5. The molecule has 5 aromatic rings. The topological polar surface area (TPSA) is 101 Å². The standard InChI is InChI=1S/C28H19Cl2F2N7O/c29-22-8-18(5-6-24(22)32)35-26-16(10-33)11-34-28-21(26)7-19(9-23(28)30)36-27(15-1-3-17(31)4-2-15)25-12-39(38-37-25)20-13-40-14-20/h1-9,11-12,20,27,36H,13-14H2,(H,34,35)/t27-/m0/s1. The minimum atomic E-state index is -0.560. The Bertz CT molecular complexity index is 1770. The molecule has 0 aliphatic carbocycles. The van der Waals surface area contributed by atoms with Crippen LogP contribution < -0.4 is 10.6 Å². The first-order chi connectivity index (χ1) is 19.4. The lowest BCUT2D eigenvalue weighted by Crippen LogP contribution is -2.31. The number of ether oxygens (including phenoxy) is 1. The lowest BCUT2D eigenvalue weighted by Gasteiger charge is -2.25. The third kappa shape index (κ3) is 5.02. The van der Waals surface area contributed by atoms with Crippen LogP contribution in [0.1, 0.15) is 28.9 Å². The van der Waals surface area contributed by atoms with E-state index in [1.165, 1.54) is 36.5 Å². The smallest absolute Gasteiger partial charge is 0.141 e. The number of fused-ring (bicyclic) bond motifs is 1. The van der Waals surface area contributed by atoms with E-state index in [0.29, 0.717) is 51.9 Å². The molecule has 0 amide bonds. The van der Waals surface area contributed by atoms with Gasteiger partial charge in [0.1, 0.15) is 29.4 Å². The van der Waals surface area contributed by atoms with Gasteiger partial charge in [0.05, 0.1) is 52.3 Å². The quantitative estimate of drug-likeness (QED) is 0.219. The molecule has 3 aromatic carbocycles. The van der Waals surface area contributed by atoms with Gasteiger partial charge in [-0.2, -0.15) is 5.26 Å². The molecule has 0 radical (unpaired) electrons. The first kappa shape index (κ1) is 26.0. The van der Waals surface area contributed by atoms with Gasteiger partial charge in [0.15, 0.2) is 0 Å². The Hall–Kier alpha value is -4.30. The van der Waals surface area contributed by atoms with Gasteiger partial charge >= 0.3 is 0 Å². The SMILES string of the molecule is N#Cc1cnc2c(Cl)cc(N[C@@H](c3ccc(F)cc3)c3cn(C4COC4)nn3)cc2c1Nc1ccc(F)c(Cl)c1. The second-order valence-electron chi connectivity index (χ2n) is 9.21. The zero-order valence-electron chi connectivity index (χ0n) is 20.6. The number of aromatic nitrogens is 4. The van der Waals surface area contributed by atoms with Gasteiger partial charge in [-0.1, -0.05) is 40.5 Å². The summed E-state index contributed by atoms with van der Waals surface area (Å²) in [6.45, 7) is 1.11. The molecule has 6 rings (SSSR count). The van der Waals surface area contributed by atoms with Gasteiger partial charge in [0.2, 0.25) is 0 Å². The van der Waals surface area contributed by atoms with Crippen molar-refractivity contribution in [3.8, 4) is 6.07 Å². The molecule has 1 atom stereocenters. The van der Waals surface area contributed by atoms with Crippen LogP contribution in [0.25, 0.3) is 10.9 Å². The van der Waals surface area contributed by atoms with Crippen LogP contribution in [0.2, 0.25) is 10.0 Å². The van der Waals surface area contributed by atoms with E-state index in [1.807, 2.05) is 6.20 Å². The molecule has 3 heterocycles. The Morgan fingerprint density at radius 1 is 1.02 bits per heavy atom. The van der Waals surface area contributed by atoms with Crippen LogP contribution in [0.3, 0.4) is 0 Å². The van der Waals surface area contributed by atoms with Crippen LogP contribution in [0, 0.1) is 23.0 Å². The van der Waals surface area contributed by atoms with E-state index in [0.717, 1.165) is 5.56 Å². The molecular formula is C28H19Cl2F2N7O. The summed E-state index contributed by atoms with van der Waals surface area (Å²) in [6, 6.07) is 15.5. The van der Waals surface area contributed by atoms with E-state index >= 15 is 0 Å². The molecule has 0 saturated carbocycles. The first-order valence-electron chi connectivity index (χ1n) is 12.2. The maximum Gasteiger partial charge on any atom is 0.141 e. The second-order valence-corrected chi connectivity index (χ2v) is 10.0. The van der Waals surface area contributed by atoms with Crippen molar-refractivity contribution in [1.29, 1.82) is 5.26 Å². The van der Waals surface area contributed by atoms with E-state index in [-0.39, 0.29) is 22.4 Å². The molecule has 200 valence electrons. The van der Waals surface area contributed by atoms with Gasteiger partial charge < -0.3 is 15.4 Å². The molecular weight excluding hydrogens is 559 g/mol. The lowest BCUT2D eigenvalue weighted by molar-refractivity contribution is -0.0293. The molecule has 40 heavy (non-hydrogen) atoms. The third-order valence-corrected chi connectivity index (χ3v) is 7.14. The molecule has 2 N–H and O–H groups in total. The van der Waals surface area contributed by atoms with Crippen LogP contribution in [0.15, 0.2) is 67.0 Å². The van der Waals surface area contributed by atoms with E-state index in [9.17, 15) is 14.0 Å². The number of halogens is 4. The maximum absolute atomic E-state index is 13.8. The Kier molecular flexibility index (Phi) is 6.94. The first-order valence-corrected chi connectivity index (χ1v) is 12.9. The summed E-state index contributed by atoms with van der Waals surface area (Å²) in [5.74, 6) is -0.923. The molecule has 0 spiro atoms. The van der Waals surface area contributed by atoms with Crippen LogP contribution in [0.4, 0.5) is 25.8 Å². The van der Waals surface area contributed by atoms with Crippen molar-refractivity contribution in [2.24, 2.45) is 0 Å². The molecule has 2 aromatic heterocycles. The fourth-order valence-electron chi connectivity index (χ4n) is 4.41. The fraction of sp³-hybridized carbons (Fsp3) is 0.143. The van der Waals surface area contributed by atoms with Crippen molar-refractivity contribution >= 4 is 51.2 Å². The normalized spacial score (nSPS) is 14.0.